The second-order valence-electron chi connectivity index (χ2n) is 5.30. The van der Waals surface area contributed by atoms with Crippen LogP contribution < -0.4 is 10.1 Å². The van der Waals surface area contributed by atoms with E-state index >= 15 is 0 Å². The second kappa shape index (κ2) is 8.47. The minimum atomic E-state index is -0.321. The first-order valence-electron chi connectivity index (χ1n) is 7.43. The van der Waals surface area contributed by atoms with E-state index in [-0.39, 0.29) is 30.9 Å². The van der Waals surface area contributed by atoms with Gasteiger partial charge in [-0.15, -0.1) is 0 Å². The van der Waals surface area contributed by atoms with E-state index in [1.54, 1.807) is 55.5 Å². The molecule has 1 unspecified atom stereocenters. The molecule has 1 atom stereocenters. The fraction of sp³-hybridized carbons (Fsp3) is 0.222. The van der Waals surface area contributed by atoms with Gasteiger partial charge in [0.1, 0.15) is 5.75 Å². The molecule has 6 heteroatoms. The largest absolute Gasteiger partial charge is 0.484 e. The van der Waals surface area contributed by atoms with Crippen LogP contribution in [-0.4, -0.2) is 36.1 Å². The van der Waals surface area contributed by atoms with Crippen LogP contribution in [-0.2, 0) is 4.79 Å². The fourth-order valence-electron chi connectivity index (χ4n) is 1.98. The summed E-state index contributed by atoms with van der Waals surface area (Å²) in [4.78, 5) is 23.9. The highest BCUT2D eigenvalue weighted by Crippen LogP contribution is 2.17. The van der Waals surface area contributed by atoms with E-state index in [1.165, 1.54) is 0 Å². The zero-order valence-electron chi connectivity index (χ0n) is 13.2. The molecule has 24 heavy (non-hydrogen) atoms. The van der Waals surface area contributed by atoms with E-state index in [1.807, 2.05) is 0 Å². The summed E-state index contributed by atoms with van der Waals surface area (Å²) in [6, 6.07) is 12.9. The van der Waals surface area contributed by atoms with Gasteiger partial charge in [-0.3, -0.25) is 9.59 Å². The maximum absolute atomic E-state index is 12.3. The molecule has 0 aliphatic heterocycles. The predicted molar refractivity (Wildman–Crippen MR) is 91.5 cm³/mol. The number of aliphatic hydroxyl groups is 1. The number of hydrogen-bond donors (Lipinski definition) is 2. The number of amides is 1. The molecule has 2 aromatic carbocycles. The molecule has 0 saturated carbocycles. The van der Waals surface area contributed by atoms with Gasteiger partial charge >= 0.3 is 0 Å². The van der Waals surface area contributed by atoms with E-state index in [0.717, 1.165) is 0 Å². The Labute approximate surface area is 145 Å². The number of carbonyl (C=O) groups excluding carboxylic acids is 2. The van der Waals surface area contributed by atoms with E-state index in [2.05, 4.69) is 5.32 Å². The number of rotatable bonds is 7. The van der Waals surface area contributed by atoms with Gasteiger partial charge in [0, 0.05) is 22.2 Å². The lowest BCUT2D eigenvalue weighted by Crippen LogP contribution is -2.38. The SMILES string of the molecule is CC(CO)NC(=O)COc1ccc(C(=O)c2ccc(Cl)cc2)cc1. The third-order valence-corrected chi connectivity index (χ3v) is 3.53. The molecule has 0 aliphatic rings. The molecule has 2 rings (SSSR count). The van der Waals surface area contributed by atoms with Crippen LogP contribution >= 0.6 is 11.6 Å². The summed E-state index contributed by atoms with van der Waals surface area (Å²) >= 11 is 5.81. The fourth-order valence-corrected chi connectivity index (χ4v) is 2.11. The normalized spacial score (nSPS) is 11.6. The molecule has 126 valence electrons. The van der Waals surface area contributed by atoms with Crippen molar-refractivity contribution in [3.05, 3.63) is 64.7 Å². The number of ether oxygens (including phenoxy) is 1. The van der Waals surface area contributed by atoms with Gasteiger partial charge in [-0.1, -0.05) is 11.6 Å². The highest BCUT2D eigenvalue weighted by Gasteiger charge is 2.10. The van der Waals surface area contributed by atoms with Gasteiger partial charge in [0.25, 0.3) is 5.91 Å². The Bertz CT molecular complexity index is 698. The van der Waals surface area contributed by atoms with Gasteiger partial charge in [0.2, 0.25) is 0 Å². The molecular weight excluding hydrogens is 330 g/mol. The molecule has 0 aromatic heterocycles. The lowest BCUT2D eigenvalue weighted by atomic mass is 10.0. The quantitative estimate of drug-likeness (QED) is 0.754. The van der Waals surface area contributed by atoms with Gasteiger partial charge in [-0.25, -0.2) is 0 Å². The minimum absolute atomic E-state index is 0.118. The summed E-state index contributed by atoms with van der Waals surface area (Å²) in [7, 11) is 0. The van der Waals surface area contributed by atoms with Gasteiger partial charge in [-0.05, 0) is 55.5 Å². The monoisotopic (exact) mass is 347 g/mol. The predicted octanol–water partition coefficient (Wildman–Crippen LogP) is 2.45. The number of aliphatic hydroxyl groups excluding tert-OH is 1. The molecular formula is C18H18ClNO4. The van der Waals surface area contributed by atoms with Crippen LogP contribution in [0.25, 0.3) is 0 Å². The first-order valence-corrected chi connectivity index (χ1v) is 7.80. The molecule has 0 heterocycles. The maximum atomic E-state index is 12.3. The lowest BCUT2D eigenvalue weighted by molar-refractivity contribution is -0.124. The summed E-state index contributed by atoms with van der Waals surface area (Å²) in [6.07, 6.45) is 0. The Balaban J connectivity index is 1.94. The van der Waals surface area contributed by atoms with Crippen LogP contribution in [0, 0.1) is 0 Å². The Morgan fingerprint density at radius 3 is 2.17 bits per heavy atom. The molecule has 0 saturated heterocycles. The first-order chi connectivity index (χ1) is 11.5. The number of benzene rings is 2. The molecule has 0 bridgehead atoms. The van der Waals surface area contributed by atoms with Crippen LogP contribution in [0.5, 0.6) is 5.75 Å². The molecule has 0 radical (unpaired) electrons. The Hall–Kier alpha value is -2.37. The highest BCUT2D eigenvalue weighted by molar-refractivity contribution is 6.30. The zero-order chi connectivity index (χ0) is 17.5. The second-order valence-corrected chi connectivity index (χ2v) is 5.74. The topological polar surface area (TPSA) is 75.6 Å². The standard InChI is InChI=1S/C18H18ClNO4/c1-12(10-21)20-17(22)11-24-16-8-4-14(5-9-16)18(23)13-2-6-15(19)7-3-13/h2-9,12,21H,10-11H2,1H3,(H,20,22). The van der Waals surface area contributed by atoms with Crippen LogP contribution in [0.1, 0.15) is 22.8 Å². The van der Waals surface area contributed by atoms with E-state index in [4.69, 9.17) is 21.4 Å². The van der Waals surface area contributed by atoms with Crippen molar-refractivity contribution in [1.29, 1.82) is 0 Å². The van der Waals surface area contributed by atoms with Crippen molar-refractivity contribution < 1.29 is 19.4 Å². The van der Waals surface area contributed by atoms with Gasteiger partial charge in [0.15, 0.2) is 12.4 Å². The minimum Gasteiger partial charge on any atom is -0.484 e. The zero-order valence-corrected chi connectivity index (χ0v) is 13.9. The van der Waals surface area contributed by atoms with Crippen LogP contribution in [0.4, 0.5) is 0 Å². The van der Waals surface area contributed by atoms with E-state index in [9.17, 15) is 9.59 Å². The average Bonchev–Trinajstić information content (AvgIpc) is 2.60. The first kappa shape index (κ1) is 18.0. The summed E-state index contributed by atoms with van der Waals surface area (Å²) in [5.41, 5.74) is 1.06. The summed E-state index contributed by atoms with van der Waals surface area (Å²) < 4.78 is 5.35. The summed E-state index contributed by atoms with van der Waals surface area (Å²) in [6.45, 7) is 1.40. The number of carbonyl (C=O) groups is 2. The van der Waals surface area contributed by atoms with Crippen LogP contribution in [0.15, 0.2) is 48.5 Å². The highest BCUT2D eigenvalue weighted by atomic mass is 35.5. The van der Waals surface area contributed by atoms with Crippen LogP contribution in [0.3, 0.4) is 0 Å². The third-order valence-electron chi connectivity index (χ3n) is 3.27. The molecule has 2 aromatic rings. The summed E-state index contributed by atoms with van der Waals surface area (Å²) in [5, 5.41) is 12.0. The molecule has 0 fully saturated rings. The lowest BCUT2D eigenvalue weighted by Gasteiger charge is -2.11. The maximum Gasteiger partial charge on any atom is 0.258 e. The third kappa shape index (κ3) is 5.08. The van der Waals surface area contributed by atoms with Gasteiger partial charge in [-0.2, -0.15) is 0 Å². The van der Waals surface area contributed by atoms with Crippen molar-refractivity contribution in [3.63, 3.8) is 0 Å². The van der Waals surface area contributed by atoms with Crippen LogP contribution in [0.2, 0.25) is 5.02 Å². The smallest absolute Gasteiger partial charge is 0.258 e. The van der Waals surface area contributed by atoms with Gasteiger partial charge in [0.05, 0.1) is 6.61 Å². The average molecular weight is 348 g/mol. The number of ketones is 1. The number of hydrogen-bond acceptors (Lipinski definition) is 4. The van der Waals surface area contributed by atoms with Crippen molar-refractivity contribution in [2.45, 2.75) is 13.0 Å². The molecule has 1 amide bonds. The van der Waals surface area contributed by atoms with Crippen molar-refractivity contribution >= 4 is 23.3 Å². The van der Waals surface area contributed by atoms with Crippen molar-refractivity contribution in [2.75, 3.05) is 13.2 Å². The van der Waals surface area contributed by atoms with E-state index < -0.39 is 0 Å². The molecule has 0 spiro atoms. The van der Waals surface area contributed by atoms with Crippen molar-refractivity contribution in [1.82, 2.24) is 5.32 Å². The number of nitrogens with one attached hydrogen (secondary N) is 1. The van der Waals surface area contributed by atoms with Crippen molar-refractivity contribution in [3.8, 4) is 5.75 Å². The Morgan fingerprint density at radius 2 is 1.62 bits per heavy atom. The number of halogens is 1. The van der Waals surface area contributed by atoms with Crippen molar-refractivity contribution in [2.24, 2.45) is 0 Å². The Morgan fingerprint density at radius 1 is 1.08 bits per heavy atom. The molecule has 0 aliphatic carbocycles. The Kier molecular flexibility index (Phi) is 6.35. The summed E-state index contributed by atoms with van der Waals surface area (Å²) in [5.74, 6) is 0.0417. The molecule has 2 N–H and O–H groups in total. The molecule has 5 nitrogen and oxygen atoms in total. The van der Waals surface area contributed by atoms with Gasteiger partial charge < -0.3 is 15.2 Å². The van der Waals surface area contributed by atoms with E-state index in [0.29, 0.717) is 21.9 Å².